The Kier molecular flexibility index (Phi) is 1.96. The van der Waals surface area contributed by atoms with Crippen molar-refractivity contribution in [2.45, 2.75) is 51.0 Å². The maximum absolute atomic E-state index is 12.8. The number of imide groups is 1. The van der Waals surface area contributed by atoms with Crippen LogP contribution in [0.2, 0.25) is 0 Å². The number of hydrogen-bond donors (Lipinski definition) is 0. The van der Waals surface area contributed by atoms with E-state index in [4.69, 9.17) is 0 Å². The van der Waals surface area contributed by atoms with Crippen molar-refractivity contribution >= 4 is 11.8 Å². The van der Waals surface area contributed by atoms with E-state index in [0.29, 0.717) is 23.8 Å². The van der Waals surface area contributed by atoms with Crippen LogP contribution < -0.4 is 0 Å². The number of nitrogens with zero attached hydrogens (tertiary/aromatic N) is 1. The van der Waals surface area contributed by atoms with E-state index in [9.17, 15) is 9.59 Å². The highest BCUT2D eigenvalue weighted by atomic mass is 16.2. The van der Waals surface area contributed by atoms with E-state index in [1.165, 1.54) is 38.5 Å². The van der Waals surface area contributed by atoms with Gasteiger partial charge < -0.3 is 0 Å². The second-order valence-corrected chi connectivity index (χ2v) is 7.68. The Hall–Kier alpha value is -0.860. The molecular formula is C16H21NO2. The average Bonchev–Trinajstić information content (AvgIpc) is 3.15. The zero-order valence-corrected chi connectivity index (χ0v) is 11.3. The van der Waals surface area contributed by atoms with Gasteiger partial charge in [0.25, 0.3) is 0 Å². The lowest BCUT2D eigenvalue weighted by molar-refractivity contribution is -0.172. The third-order valence-electron chi connectivity index (χ3n) is 6.99. The molecule has 5 fully saturated rings. The molecule has 0 spiro atoms. The van der Waals surface area contributed by atoms with E-state index >= 15 is 0 Å². The van der Waals surface area contributed by atoms with Crippen molar-refractivity contribution in [3.05, 3.63) is 0 Å². The second-order valence-electron chi connectivity index (χ2n) is 7.68. The molecule has 0 aromatic carbocycles. The van der Waals surface area contributed by atoms with Gasteiger partial charge in [0.1, 0.15) is 0 Å². The van der Waals surface area contributed by atoms with Crippen molar-refractivity contribution in [2.24, 2.45) is 35.5 Å². The van der Waals surface area contributed by atoms with Gasteiger partial charge in [-0.2, -0.15) is 0 Å². The van der Waals surface area contributed by atoms with Crippen LogP contribution in [0.4, 0.5) is 0 Å². The van der Waals surface area contributed by atoms with Gasteiger partial charge in [0.05, 0.1) is 12.0 Å². The minimum Gasteiger partial charge on any atom is -0.278 e. The first kappa shape index (κ1) is 10.9. The third-order valence-corrected chi connectivity index (χ3v) is 6.99. The summed E-state index contributed by atoms with van der Waals surface area (Å²) in [6.07, 6.45) is 8.55. The first-order chi connectivity index (χ1) is 9.24. The van der Waals surface area contributed by atoms with Crippen molar-refractivity contribution < 1.29 is 9.59 Å². The highest BCUT2D eigenvalue weighted by Crippen LogP contribution is 2.57. The number of rotatable bonds is 1. The largest absolute Gasteiger partial charge is 0.278 e. The molecule has 102 valence electrons. The molecule has 0 radical (unpaired) electrons. The number of amides is 2. The fourth-order valence-electron chi connectivity index (χ4n) is 6.19. The molecule has 0 N–H and O–H groups in total. The van der Waals surface area contributed by atoms with Crippen LogP contribution >= 0.6 is 0 Å². The molecule has 7 unspecified atom stereocenters. The van der Waals surface area contributed by atoms with Crippen LogP contribution in [0, 0.1) is 35.5 Å². The Labute approximate surface area is 113 Å². The summed E-state index contributed by atoms with van der Waals surface area (Å²) in [7, 11) is 0. The summed E-state index contributed by atoms with van der Waals surface area (Å²) in [5.41, 5.74) is 0. The summed E-state index contributed by atoms with van der Waals surface area (Å²) in [6, 6.07) is 0.317. The first-order valence-electron chi connectivity index (χ1n) is 8.11. The van der Waals surface area contributed by atoms with Gasteiger partial charge in [0.15, 0.2) is 0 Å². The second kappa shape index (κ2) is 3.42. The minimum absolute atomic E-state index is 0.185. The van der Waals surface area contributed by atoms with Crippen molar-refractivity contribution in [1.29, 1.82) is 0 Å². The normalized spacial score (nSPS) is 53.6. The topological polar surface area (TPSA) is 37.4 Å². The Morgan fingerprint density at radius 2 is 1.74 bits per heavy atom. The molecule has 0 aromatic rings. The van der Waals surface area contributed by atoms with E-state index in [-0.39, 0.29) is 23.7 Å². The summed E-state index contributed by atoms with van der Waals surface area (Å²) >= 11 is 0. The quantitative estimate of drug-likeness (QED) is 0.535. The van der Waals surface area contributed by atoms with Crippen LogP contribution in [-0.2, 0) is 9.59 Å². The number of fused-ring (bicyclic) bond motifs is 7. The monoisotopic (exact) mass is 259 g/mol. The standard InChI is InChI=1S/C16H21NO2/c18-15(12-6-8-1-2-9(12)5-8)17-14-11-4-3-10(7-11)13(14)16(17)19/h8-14H,1-7H2. The lowest BCUT2D eigenvalue weighted by Gasteiger charge is -2.49. The number of hydrogen-bond acceptors (Lipinski definition) is 2. The third kappa shape index (κ3) is 1.20. The van der Waals surface area contributed by atoms with Gasteiger partial charge in [0.2, 0.25) is 11.8 Å². The van der Waals surface area contributed by atoms with Crippen LogP contribution in [0.5, 0.6) is 0 Å². The smallest absolute Gasteiger partial charge is 0.234 e. The molecule has 1 heterocycles. The molecule has 5 rings (SSSR count). The van der Waals surface area contributed by atoms with Crippen LogP contribution in [-0.4, -0.2) is 22.8 Å². The average molecular weight is 259 g/mol. The fraction of sp³-hybridized carbons (Fsp3) is 0.875. The highest BCUT2D eigenvalue weighted by Gasteiger charge is 2.64. The van der Waals surface area contributed by atoms with Gasteiger partial charge in [-0.15, -0.1) is 0 Å². The molecule has 19 heavy (non-hydrogen) atoms. The number of carbonyl (C=O) groups excluding carboxylic acids is 2. The van der Waals surface area contributed by atoms with Gasteiger partial charge in [-0.05, 0) is 62.2 Å². The van der Waals surface area contributed by atoms with E-state index in [1.54, 1.807) is 4.90 Å². The fourth-order valence-corrected chi connectivity index (χ4v) is 6.19. The summed E-state index contributed by atoms with van der Waals surface area (Å²) in [5.74, 6) is 3.48. The molecule has 4 aliphatic carbocycles. The summed E-state index contributed by atoms with van der Waals surface area (Å²) in [4.78, 5) is 26.8. The molecule has 2 amide bonds. The van der Waals surface area contributed by atoms with Gasteiger partial charge in [-0.3, -0.25) is 14.5 Å². The molecule has 5 aliphatic rings. The summed E-state index contributed by atoms with van der Waals surface area (Å²) in [6.45, 7) is 0. The Bertz CT molecular complexity index is 473. The molecule has 4 bridgehead atoms. The van der Waals surface area contributed by atoms with E-state index < -0.39 is 0 Å². The molecular weight excluding hydrogens is 238 g/mol. The predicted octanol–water partition coefficient (Wildman–Crippen LogP) is 2.21. The summed E-state index contributed by atoms with van der Waals surface area (Å²) in [5, 5.41) is 0. The van der Waals surface area contributed by atoms with Gasteiger partial charge in [-0.1, -0.05) is 6.42 Å². The molecule has 3 heteroatoms. The van der Waals surface area contributed by atoms with Crippen LogP contribution in [0.1, 0.15) is 44.9 Å². The van der Waals surface area contributed by atoms with Crippen LogP contribution in [0.3, 0.4) is 0 Å². The summed E-state index contributed by atoms with van der Waals surface area (Å²) < 4.78 is 0. The lowest BCUT2D eigenvalue weighted by atomic mass is 9.74. The Morgan fingerprint density at radius 3 is 2.47 bits per heavy atom. The highest BCUT2D eigenvalue weighted by molar-refractivity contribution is 6.03. The van der Waals surface area contributed by atoms with Crippen molar-refractivity contribution in [1.82, 2.24) is 4.90 Å². The predicted molar refractivity (Wildman–Crippen MR) is 68.9 cm³/mol. The molecule has 7 atom stereocenters. The molecule has 1 saturated heterocycles. The molecule has 0 aromatic heterocycles. The van der Waals surface area contributed by atoms with Gasteiger partial charge in [0, 0.05) is 5.92 Å². The van der Waals surface area contributed by atoms with Crippen molar-refractivity contribution in [3.63, 3.8) is 0 Å². The maximum Gasteiger partial charge on any atom is 0.234 e. The zero-order chi connectivity index (χ0) is 12.7. The van der Waals surface area contributed by atoms with Crippen molar-refractivity contribution in [2.75, 3.05) is 0 Å². The van der Waals surface area contributed by atoms with E-state index in [2.05, 4.69) is 0 Å². The Balaban J connectivity index is 1.39. The minimum atomic E-state index is 0.185. The van der Waals surface area contributed by atoms with Crippen LogP contribution in [0.25, 0.3) is 0 Å². The Morgan fingerprint density at radius 1 is 0.947 bits per heavy atom. The van der Waals surface area contributed by atoms with Crippen molar-refractivity contribution in [3.8, 4) is 0 Å². The number of β-lactam (4-membered cyclic amide) rings is 1. The number of likely N-dealkylation sites (tertiary alicyclic amines) is 1. The zero-order valence-electron chi connectivity index (χ0n) is 11.3. The van der Waals surface area contributed by atoms with Gasteiger partial charge >= 0.3 is 0 Å². The lowest BCUT2D eigenvalue weighted by Crippen LogP contribution is -2.66. The molecule has 1 aliphatic heterocycles. The molecule has 4 saturated carbocycles. The molecule has 3 nitrogen and oxygen atoms in total. The van der Waals surface area contributed by atoms with Gasteiger partial charge in [-0.25, -0.2) is 0 Å². The van der Waals surface area contributed by atoms with E-state index in [0.717, 1.165) is 12.3 Å². The maximum atomic E-state index is 12.8. The van der Waals surface area contributed by atoms with E-state index in [1.807, 2.05) is 0 Å². The SMILES string of the molecule is O=C(C1CC2CCC1C2)N1C(=O)C2C3CCC(C3)C21. The van der Waals surface area contributed by atoms with Crippen LogP contribution in [0.15, 0.2) is 0 Å². The number of carbonyl (C=O) groups is 2. The first-order valence-corrected chi connectivity index (χ1v) is 8.11.